The van der Waals surface area contributed by atoms with E-state index in [1.807, 2.05) is 6.07 Å². The highest BCUT2D eigenvalue weighted by molar-refractivity contribution is 7.16. The van der Waals surface area contributed by atoms with Gasteiger partial charge in [0.15, 0.2) is 0 Å². The first-order valence-corrected chi connectivity index (χ1v) is 6.45. The molecule has 0 aliphatic carbocycles. The summed E-state index contributed by atoms with van der Waals surface area (Å²) in [7, 11) is 0. The van der Waals surface area contributed by atoms with Crippen LogP contribution in [0.25, 0.3) is 0 Å². The van der Waals surface area contributed by atoms with Gasteiger partial charge in [0.05, 0.1) is 4.34 Å². The first-order chi connectivity index (χ1) is 7.13. The zero-order valence-corrected chi connectivity index (χ0v) is 10.7. The van der Waals surface area contributed by atoms with Gasteiger partial charge in [0, 0.05) is 23.6 Å². The van der Waals surface area contributed by atoms with Crippen LogP contribution in [0.3, 0.4) is 0 Å². The van der Waals surface area contributed by atoms with Crippen LogP contribution in [-0.4, -0.2) is 17.8 Å². The number of hydrogen-bond acceptors (Lipinski definition) is 3. The molecule has 4 heteroatoms. The molecule has 0 amide bonds. The summed E-state index contributed by atoms with van der Waals surface area (Å²) in [6, 6.07) is 4.74. The smallest absolute Gasteiger partial charge is 0.0931 e. The molecule has 86 valence electrons. The van der Waals surface area contributed by atoms with Gasteiger partial charge < -0.3 is 10.4 Å². The van der Waals surface area contributed by atoms with Crippen molar-refractivity contribution in [3.05, 3.63) is 21.3 Å². The Labute approximate surface area is 100 Å². The zero-order chi connectivity index (χ0) is 11.3. The summed E-state index contributed by atoms with van der Waals surface area (Å²) in [6.45, 7) is 4.55. The molecule has 15 heavy (non-hydrogen) atoms. The first-order valence-electron chi connectivity index (χ1n) is 5.25. The lowest BCUT2D eigenvalue weighted by Gasteiger charge is -2.18. The Morgan fingerprint density at radius 1 is 1.47 bits per heavy atom. The van der Waals surface area contributed by atoms with Crippen molar-refractivity contribution in [1.82, 2.24) is 5.32 Å². The summed E-state index contributed by atoms with van der Waals surface area (Å²) in [5.74, 6) is 0. The highest BCUT2D eigenvalue weighted by atomic mass is 35.5. The second-order valence-corrected chi connectivity index (χ2v) is 5.54. The highest BCUT2D eigenvalue weighted by Gasteiger charge is 2.10. The van der Waals surface area contributed by atoms with Crippen LogP contribution in [0.5, 0.6) is 0 Å². The fourth-order valence-electron chi connectivity index (χ4n) is 1.55. The molecule has 1 aromatic rings. The molecule has 2 atom stereocenters. The van der Waals surface area contributed by atoms with Crippen molar-refractivity contribution in [2.24, 2.45) is 0 Å². The number of aliphatic hydroxyl groups excluding tert-OH is 1. The van der Waals surface area contributed by atoms with Gasteiger partial charge in [-0.1, -0.05) is 11.6 Å². The maximum atomic E-state index is 8.73. The Hall–Kier alpha value is -0.0900. The molecule has 2 unspecified atom stereocenters. The molecular formula is C11H18ClNOS. The van der Waals surface area contributed by atoms with E-state index in [0.717, 1.165) is 17.2 Å². The van der Waals surface area contributed by atoms with Crippen molar-refractivity contribution in [2.45, 2.75) is 38.8 Å². The van der Waals surface area contributed by atoms with E-state index in [-0.39, 0.29) is 6.61 Å². The molecule has 2 N–H and O–H groups in total. The average Bonchev–Trinajstić information content (AvgIpc) is 2.61. The lowest BCUT2D eigenvalue weighted by Crippen LogP contribution is -2.28. The molecule has 1 aromatic heterocycles. The van der Waals surface area contributed by atoms with E-state index in [9.17, 15) is 0 Å². The van der Waals surface area contributed by atoms with Crippen molar-refractivity contribution in [1.29, 1.82) is 0 Å². The van der Waals surface area contributed by atoms with Crippen LogP contribution in [0.1, 0.15) is 37.6 Å². The van der Waals surface area contributed by atoms with E-state index >= 15 is 0 Å². The number of hydrogen-bond donors (Lipinski definition) is 2. The predicted octanol–water partition coefficient (Wildman–Crippen LogP) is 3.21. The predicted molar refractivity (Wildman–Crippen MR) is 66.7 cm³/mol. The monoisotopic (exact) mass is 247 g/mol. The molecule has 0 spiro atoms. The number of rotatable bonds is 6. The fourth-order valence-corrected chi connectivity index (χ4v) is 2.62. The van der Waals surface area contributed by atoms with Crippen LogP contribution in [-0.2, 0) is 0 Å². The molecule has 0 aromatic carbocycles. The first kappa shape index (κ1) is 13.0. The van der Waals surface area contributed by atoms with E-state index in [1.54, 1.807) is 11.3 Å². The summed E-state index contributed by atoms with van der Waals surface area (Å²) in [4.78, 5) is 1.26. The van der Waals surface area contributed by atoms with Gasteiger partial charge in [-0.05, 0) is 38.8 Å². The highest BCUT2D eigenvalue weighted by Crippen LogP contribution is 2.26. The van der Waals surface area contributed by atoms with Crippen LogP contribution in [0.4, 0.5) is 0 Å². The maximum absolute atomic E-state index is 8.73. The molecule has 0 saturated carbocycles. The van der Waals surface area contributed by atoms with E-state index in [1.165, 1.54) is 4.88 Å². The minimum absolute atomic E-state index is 0.269. The summed E-state index contributed by atoms with van der Waals surface area (Å²) >= 11 is 7.50. The zero-order valence-electron chi connectivity index (χ0n) is 9.16. The standard InChI is InChI=1S/C11H18ClNOS/c1-8(4-3-7-14)13-9(2)10-5-6-11(12)15-10/h5-6,8-9,13-14H,3-4,7H2,1-2H3. The van der Waals surface area contributed by atoms with E-state index in [0.29, 0.717) is 12.1 Å². The van der Waals surface area contributed by atoms with Gasteiger partial charge >= 0.3 is 0 Å². The Morgan fingerprint density at radius 2 is 2.20 bits per heavy atom. The van der Waals surface area contributed by atoms with Crippen LogP contribution in [0.2, 0.25) is 4.34 Å². The van der Waals surface area contributed by atoms with Crippen molar-refractivity contribution in [3.8, 4) is 0 Å². The summed E-state index contributed by atoms with van der Waals surface area (Å²) < 4.78 is 0.835. The van der Waals surface area contributed by atoms with Gasteiger partial charge in [0.2, 0.25) is 0 Å². The van der Waals surface area contributed by atoms with Crippen molar-refractivity contribution in [3.63, 3.8) is 0 Å². The average molecular weight is 248 g/mol. The number of aliphatic hydroxyl groups is 1. The second kappa shape index (κ2) is 6.48. The van der Waals surface area contributed by atoms with E-state index in [4.69, 9.17) is 16.7 Å². The van der Waals surface area contributed by atoms with Gasteiger partial charge in [-0.3, -0.25) is 0 Å². The molecule has 1 heterocycles. The van der Waals surface area contributed by atoms with E-state index < -0.39 is 0 Å². The number of nitrogens with one attached hydrogen (secondary N) is 1. The Balaban J connectivity index is 2.38. The van der Waals surface area contributed by atoms with E-state index in [2.05, 4.69) is 25.2 Å². The SMILES string of the molecule is CC(CCCO)NC(C)c1ccc(Cl)s1. The van der Waals surface area contributed by atoms with Gasteiger partial charge in [0.25, 0.3) is 0 Å². The molecule has 0 radical (unpaired) electrons. The van der Waals surface area contributed by atoms with Crippen LogP contribution >= 0.6 is 22.9 Å². The molecule has 0 aliphatic rings. The molecule has 0 aliphatic heterocycles. The fraction of sp³-hybridized carbons (Fsp3) is 0.636. The van der Waals surface area contributed by atoms with Gasteiger partial charge in [-0.15, -0.1) is 11.3 Å². The van der Waals surface area contributed by atoms with Crippen molar-refractivity contribution < 1.29 is 5.11 Å². The van der Waals surface area contributed by atoms with Gasteiger partial charge in [-0.25, -0.2) is 0 Å². The number of halogens is 1. The third-order valence-corrected chi connectivity index (χ3v) is 3.76. The van der Waals surface area contributed by atoms with Gasteiger partial charge in [-0.2, -0.15) is 0 Å². The Kier molecular flexibility index (Phi) is 5.61. The quantitative estimate of drug-likeness (QED) is 0.809. The van der Waals surface area contributed by atoms with Crippen LogP contribution in [0.15, 0.2) is 12.1 Å². The largest absolute Gasteiger partial charge is 0.396 e. The van der Waals surface area contributed by atoms with Crippen LogP contribution < -0.4 is 5.32 Å². The third kappa shape index (κ3) is 4.51. The minimum Gasteiger partial charge on any atom is -0.396 e. The Morgan fingerprint density at radius 3 is 2.73 bits per heavy atom. The molecule has 0 fully saturated rings. The van der Waals surface area contributed by atoms with Crippen LogP contribution in [0, 0.1) is 0 Å². The van der Waals surface area contributed by atoms with Gasteiger partial charge in [0.1, 0.15) is 0 Å². The normalized spacial score (nSPS) is 15.2. The summed E-state index contributed by atoms with van der Waals surface area (Å²) in [5, 5.41) is 12.2. The molecule has 2 nitrogen and oxygen atoms in total. The lowest BCUT2D eigenvalue weighted by molar-refractivity contribution is 0.274. The second-order valence-electron chi connectivity index (χ2n) is 3.80. The number of thiophene rings is 1. The minimum atomic E-state index is 0.269. The molecule has 0 bridgehead atoms. The summed E-state index contributed by atoms with van der Waals surface area (Å²) in [6.07, 6.45) is 1.85. The third-order valence-electron chi connectivity index (χ3n) is 2.35. The van der Waals surface area contributed by atoms with Crippen molar-refractivity contribution in [2.75, 3.05) is 6.61 Å². The molecule has 0 saturated heterocycles. The van der Waals surface area contributed by atoms with Crippen molar-refractivity contribution >= 4 is 22.9 Å². The molecular weight excluding hydrogens is 230 g/mol. The maximum Gasteiger partial charge on any atom is 0.0931 e. The lowest BCUT2D eigenvalue weighted by atomic mass is 10.1. The summed E-state index contributed by atoms with van der Waals surface area (Å²) in [5.41, 5.74) is 0. The topological polar surface area (TPSA) is 32.3 Å². The Bertz CT molecular complexity index is 290. The molecule has 1 rings (SSSR count).